The lowest BCUT2D eigenvalue weighted by Crippen LogP contribution is -2.38. The fourth-order valence-corrected chi connectivity index (χ4v) is 5.01. The predicted molar refractivity (Wildman–Crippen MR) is 94.1 cm³/mol. The highest BCUT2D eigenvalue weighted by Crippen LogP contribution is 2.50. The highest BCUT2D eigenvalue weighted by molar-refractivity contribution is 7.92. The Bertz CT molecular complexity index is 782. The minimum atomic E-state index is -3.36. The normalized spacial score (nSPS) is 24.9. The molecule has 5 nitrogen and oxygen atoms in total. The summed E-state index contributed by atoms with van der Waals surface area (Å²) < 4.78 is 32.8. The lowest BCUT2D eigenvalue weighted by molar-refractivity contribution is -0.127. The maximum absolute atomic E-state index is 12.6. The van der Waals surface area contributed by atoms with Gasteiger partial charge in [-0.15, -0.1) is 0 Å². The summed E-state index contributed by atoms with van der Waals surface area (Å²) in [6.45, 7) is 7.85. The Hall–Kier alpha value is -1.56. The summed E-state index contributed by atoms with van der Waals surface area (Å²) in [5.74, 6) is 0.704. The van der Waals surface area contributed by atoms with E-state index < -0.39 is 10.0 Å². The van der Waals surface area contributed by atoms with Gasteiger partial charge in [0, 0.05) is 12.0 Å². The molecule has 6 heteroatoms. The molecule has 1 aliphatic carbocycles. The van der Waals surface area contributed by atoms with Crippen LogP contribution >= 0.6 is 0 Å². The van der Waals surface area contributed by atoms with Gasteiger partial charge in [-0.05, 0) is 42.9 Å². The van der Waals surface area contributed by atoms with Crippen LogP contribution in [-0.4, -0.2) is 26.1 Å². The lowest BCUT2D eigenvalue weighted by atomic mass is 9.69. The number of carbonyl (C=O) groups is 1. The summed E-state index contributed by atoms with van der Waals surface area (Å²) in [6, 6.07) is 3.64. The van der Waals surface area contributed by atoms with Gasteiger partial charge in [0.05, 0.1) is 17.4 Å². The molecule has 0 spiro atoms. The Labute approximate surface area is 143 Å². The van der Waals surface area contributed by atoms with Gasteiger partial charge in [-0.3, -0.25) is 9.52 Å². The second kappa shape index (κ2) is 5.76. The van der Waals surface area contributed by atoms with Crippen molar-refractivity contribution in [3.8, 4) is 5.75 Å². The zero-order valence-corrected chi connectivity index (χ0v) is 15.5. The molecule has 3 rings (SSSR count). The molecular weight excluding hydrogens is 326 g/mol. The predicted octanol–water partition coefficient (Wildman–Crippen LogP) is 3.38. The van der Waals surface area contributed by atoms with Crippen LogP contribution in [0.15, 0.2) is 12.1 Å². The van der Waals surface area contributed by atoms with E-state index in [9.17, 15) is 13.2 Å². The van der Waals surface area contributed by atoms with Gasteiger partial charge < -0.3 is 4.74 Å². The van der Waals surface area contributed by atoms with Crippen LogP contribution < -0.4 is 9.46 Å². The Kier molecular flexibility index (Phi) is 4.14. The molecular formula is C18H25NO4S. The third-order valence-corrected chi connectivity index (χ3v) is 6.31. The summed E-state index contributed by atoms with van der Waals surface area (Å²) in [6.07, 6.45) is 1.77. The van der Waals surface area contributed by atoms with E-state index in [0.717, 1.165) is 17.5 Å². The van der Waals surface area contributed by atoms with Crippen LogP contribution in [0.5, 0.6) is 5.75 Å². The number of rotatable bonds is 4. The zero-order valence-electron chi connectivity index (χ0n) is 14.7. The summed E-state index contributed by atoms with van der Waals surface area (Å²) in [7, 11) is -3.36. The molecule has 0 bridgehead atoms. The monoisotopic (exact) mass is 351 g/mol. The highest BCUT2D eigenvalue weighted by Gasteiger charge is 2.47. The van der Waals surface area contributed by atoms with Gasteiger partial charge in [0.1, 0.15) is 17.6 Å². The molecule has 0 saturated heterocycles. The number of Topliss-reactive ketones (excluding diaryl/α,β-unsaturated/α-hetero) is 1. The van der Waals surface area contributed by atoms with E-state index in [2.05, 4.69) is 18.6 Å². The van der Waals surface area contributed by atoms with Crippen LogP contribution in [-0.2, 0) is 14.8 Å². The van der Waals surface area contributed by atoms with E-state index in [1.165, 1.54) is 0 Å². The standard InChI is InChI=1S/C18H25NO4S/c1-5-6-24(21,22)19-13-8-12-15(7-11(13)2)23-16-10-18(3,4)9-14(20)17(12)16/h7-8,16-17,19H,5-6,9-10H2,1-4H3/t16-,17+/m1/s1. The van der Waals surface area contributed by atoms with Crippen LogP contribution in [0.25, 0.3) is 0 Å². The molecule has 2 aliphatic rings. The van der Waals surface area contributed by atoms with Crippen molar-refractivity contribution in [2.45, 2.75) is 59.0 Å². The van der Waals surface area contributed by atoms with E-state index in [-0.39, 0.29) is 29.0 Å². The molecule has 1 aliphatic heterocycles. The van der Waals surface area contributed by atoms with Gasteiger partial charge in [0.2, 0.25) is 10.0 Å². The maximum atomic E-state index is 12.6. The van der Waals surface area contributed by atoms with E-state index in [1.807, 2.05) is 19.9 Å². The van der Waals surface area contributed by atoms with Crippen LogP contribution in [0.1, 0.15) is 57.1 Å². The van der Waals surface area contributed by atoms with Crippen molar-refractivity contribution in [1.82, 2.24) is 0 Å². The van der Waals surface area contributed by atoms with Crippen LogP contribution in [0.2, 0.25) is 0 Å². The Balaban J connectivity index is 1.95. The average Bonchev–Trinajstić information content (AvgIpc) is 2.74. The van der Waals surface area contributed by atoms with Gasteiger partial charge in [0.15, 0.2) is 0 Å². The van der Waals surface area contributed by atoms with Crippen molar-refractivity contribution in [1.29, 1.82) is 0 Å². The number of hydrogen-bond acceptors (Lipinski definition) is 4. The van der Waals surface area contributed by atoms with Crippen LogP contribution in [0.4, 0.5) is 5.69 Å². The van der Waals surface area contributed by atoms with E-state index in [1.54, 1.807) is 6.07 Å². The zero-order chi connectivity index (χ0) is 17.7. The third kappa shape index (κ3) is 3.16. The number of aryl methyl sites for hydroxylation is 1. The number of ketones is 1. The fourth-order valence-electron chi connectivity index (χ4n) is 3.81. The molecule has 1 aromatic rings. The third-order valence-electron chi connectivity index (χ3n) is 4.83. The smallest absolute Gasteiger partial charge is 0.232 e. The van der Waals surface area contributed by atoms with Gasteiger partial charge in [-0.25, -0.2) is 8.42 Å². The number of anilines is 1. The quantitative estimate of drug-likeness (QED) is 0.902. The Morgan fingerprint density at radius 3 is 2.71 bits per heavy atom. The minimum absolute atomic E-state index is 0.0547. The number of ether oxygens (including phenoxy) is 1. The van der Waals surface area contributed by atoms with Gasteiger partial charge >= 0.3 is 0 Å². The summed E-state index contributed by atoms with van der Waals surface area (Å²) in [4.78, 5) is 12.6. The van der Waals surface area contributed by atoms with Crippen molar-refractivity contribution < 1.29 is 17.9 Å². The van der Waals surface area contributed by atoms with E-state index in [4.69, 9.17) is 4.74 Å². The Morgan fingerprint density at radius 2 is 2.04 bits per heavy atom. The maximum Gasteiger partial charge on any atom is 0.232 e. The average molecular weight is 351 g/mol. The van der Waals surface area contributed by atoms with Crippen molar-refractivity contribution in [3.63, 3.8) is 0 Å². The van der Waals surface area contributed by atoms with Crippen LogP contribution in [0, 0.1) is 12.3 Å². The molecule has 1 heterocycles. The van der Waals surface area contributed by atoms with Gasteiger partial charge in [0.25, 0.3) is 0 Å². The molecule has 0 aromatic heterocycles. The van der Waals surface area contributed by atoms with Crippen molar-refractivity contribution >= 4 is 21.5 Å². The number of sulfonamides is 1. The number of carbonyl (C=O) groups excluding carboxylic acids is 1. The van der Waals surface area contributed by atoms with Gasteiger partial charge in [-0.2, -0.15) is 0 Å². The molecule has 0 radical (unpaired) electrons. The van der Waals surface area contributed by atoms with Crippen molar-refractivity contribution in [2.24, 2.45) is 5.41 Å². The summed E-state index contributed by atoms with van der Waals surface area (Å²) in [5, 5.41) is 0. The Morgan fingerprint density at radius 1 is 1.33 bits per heavy atom. The van der Waals surface area contributed by atoms with E-state index in [0.29, 0.717) is 24.3 Å². The van der Waals surface area contributed by atoms with Crippen LogP contribution in [0.3, 0.4) is 0 Å². The molecule has 1 N–H and O–H groups in total. The number of fused-ring (bicyclic) bond motifs is 3. The molecule has 1 fully saturated rings. The topological polar surface area (TPSA) is 72.5 Å². The molecule has 132 valence electrons. The first kappa shape index (κ1) is 17.3. The van der Waals surface area contributed by atoms with E-state index >= 15 is 0 Å². The second-order valence-electron chi connectivity index (χ2n) is 7.77. The number of benzene rings is 1. The molecule has 0 unspecified atom stereocenters. The molecule has 2 atom stereocenters. The SMILES string of the molecule is CCCS(=O)(=O)Nc1cc2c(cc1C)O[C@@H]1CC(C)(C)CC(=O)[C@H]21. The number of hydrogen-bond donors (Lipinski definition) is 1. The second-order valence-corrected chi connectivity index (χ2v) is 9.61. The first-order chi connectivity index (χ1) is 11.1. The largest absolute Gasteiger partial charge is 0.489 e. The molecule has 24 heavy (non-hydrogen) atoms. The summed E-state index contributed by atoms with van der Waals surface area (Å²) >= 11 is 0. The molecule has 1 saturated carbocycles. The fraction of sp³-hybridized carbons (Fsp3) is 0.611. The molecule has 1 aromatic carbocycles. The molecule has 0 amide bonds. The minimum Gasteiger partial charge on any atom is -0.489 e. The lowest BCUT2D eigenvalue weighted by Gasteiger charge is -2.35. The highest BCUT2D eigenvalue weighted by atomic mass is 32.2. The van der Waals surface area contributed by atoms with Crippen molar-refractivity contribution in [3.05, 3.63) is 23.3 Å². The van der Waals surface area contributed by atoms with Gasteiger partial charge in [-0.1, -0.05) is 20.8 Å². The van der Waals surface area contributed by atoms with Crippen molar-refractivity contribution in [2.75, 3.05) is 10.5 Å². The summed E-state index contributed by atoms with van der Waals surface area (Å²) in [5.41, 5.74) is 2.11. The number of nitrogens with one attached hydrogen (secondary N) is 1. The first-order valence-electron chi connectivity index (χ1n) is 8.46. The first-order valence-corrected chi connectivity index (χ1v) is 10.1.